The van der Waals surface area contributed by atoms with Gasteiger partial charge in [0.15, 0.2) is 0 Å². The molecule has 0 saturated carbocycles. The summed E-state index contributed by atoms with van der Waals surface area (Å²) in [6.07, 6.45) is 3.66. The third kappa shape index (κ3) is 2.51. The Morgan fingerprint density at radius 2 is 2.28 bits per heavy atom. The predicted molar refractivity (Wildman–Crippen MR) is 69.5 cm³/mol. The first-order valence-corrected chi connectivity index (χ1v) is 5.98. The SMILES string of the molecule is CCNC(c1ccn(C)n1)c1cccnc1OC. The van der Waals surface area contributed by atoms with Gasteiger partial charge in [0.1, 0.15) is 0 Å². The van der Waals surface area contributed by atoms with Crippen LogP contribution in [0.5, 0.6) is 5.88 Å². The number of methoxy groups -OCH3 is 1. The molecule has 0 aliphatic carbocycles. The van der Waals surface area contributed by atoms with Crippen LogP contribution in [0.25, 0.3) is 0 Å². The molecule has 0 spiro atoms. The molecule has 2 aromatic rings. The first-order chi connectivity index (χ1) is 8.76. The smallest absolute Gasteiger partial charge is 0.218 e. The highest BCUT2D eigenvalue weighted by Gasteiger charge is 2.19. The minimum atomic E-state index is -0.000139. The summed E-state index contributed by atoms with van der Waals surface area (Å²) in [5, 5.41) is 7.86. The highest BCUT2D eigenvalue weighted by Crippen LogP contribution is 2.26. The molecule has 0 aliphatic rings. The van der Waals surface area contributed by atoms with Crippen molar-refractivity contribution in [2.24, 2.45) is 7.05 Å². The molecule has 1 unspecified atom stereocenters. The Labute approximate surface area is 107 Å². The third-order valence-electron chi connectivity index (χ3n) is 2.74. The first-order valence-electron chi connectivity index (χ1n) is 5.98. The summed E-state index contributed by atoms with van der Waals surface area (Å²) < 4.78 is 7.11. The third-order valence-corrected chi connectivity index (χ3v) is 2.74. The second-order valence-electron chi connectivity index (χ2n) is 4.01. The zero-order chi connectivity index (χ0) is 13.0. The van der Waals surface area contributed by atoms with E-state index in [2.05, 4.69) is 22.3 Å². The van der Waals surface area contributed by atoms with E-state index in [0.29, 0.717) is 5.88 Å². The lowest BCUT2D eigenvalue weighted by Crippen LogP contribution is -2.23. The molecule has 0 amide bonds. The van der Waals surface area contributed by atoms with Crippen molar-refractivity contribution < 1.29 is 4.74 Å². The van der Waals surface area contributed by atoms with E-state index in [9.17, 15) is 0 Å². The summed E-state index contributed by atoms with van der Waals surface area (Å²) in [6.45, 7) is 2.91. The number of aryl methyl sites for hydroxylation is 1. The topological polar surface area (TPSA) is 52.0 Å². The van der Waals surface area contributed by atoms with Gasteiger partial charge in [-0.25, -0.2) is 4.98 Å². The van der Waals surface area contributed by atoms with E-state index in [0.717, 1.165) is 17.8 Å². The molecule has 1 N–H and O–H groups in total. The number of rotatable bonds is 5. The molecule has 0 radical (unpaired) electrons. The molecule has 2 heterocycles. The molecule has 96 valence electrons. The van der Waals surface area contributed by atoms with Crippen LogP contribution in [0.3, 0.4) is 0 Å². The monoisotopic (exact) mass is 246 g/mol. The van der Waals surface area contributed by atoms with Crippen molar-refractivity contribution in [3.05, 3.63) is 41.9 Å². The predicted octanol–water partition coefficient (Wildman–Crippen LogP) is 1.52. The summed E-state index contributed by atoms with van der Waals surface area (Å²) in [6, 6.07) is 5.92. The van der Waals surface area contributed by atoms with Gasteiger partial charge in [0.2, 0.25) is 5.88 Å². The molecule has 18 heavy (non-hydrogen) atoms. The quantitative estimate of drug-likeness (QED) is 0.869. The second kappa shape index (κ2) is 5.64. The molecule has 2 rings (SSSR count). The average molecular weight is 246 g/mol. The van der Waals surface area contributed by atoms with Crippen molar-refractivity contribution in [1.29, 1.82) is 0 Å². The lowest BCUT2D eigenvalue weighted by Gasteiger charge is -2.18. The van der Waals surface area contributed by atoms with Gasteiger partial charge >= 0.3 is 0 Å². The fourth-order valence-corrected chi connectivity index (χ4v) is 1.96. The lowest BCUT2D eigenvalue weighted by atomic mass is 10.1. The Bertz CT molecular complexity index is 509. The van der Waals surface area contributed by atoms with Gasteiger partial charge in [-0.1, -0.05) is 13.0 Å². The maximum atomic E-state index is 5.32. The van der Waals surface area contributed by atoms with Gasteiger partial charge in [-0.15, -0.1) is 0 Å². The molecule has 0 fully saturated rings. The fourth-order valence-electron chi connectivity index (χ4n) is 1.96. The van der Waals surface area contributed by atoms with Crippen LogP contribution in [0.15, 0.2) is 30.6 Å². The molecule has 1 atom stereocenters. The Morgan fingerprint density at radius 1 is 1.44 bits per heavy atom. The maximum absolute atomic E-state index is 5.32. The van der Waals surface area contributed by atoms with E-state index in [-0.39, 0.29) is 6.04 Å². The van der Waals surface area contributed by atoms with E-state index in [1.54, 1.807) is 18.0 Å². The van der Waals surface area contributed by atoms with Crippen LogP contribution in [-0.4, -0.2) is 28.4 Å². The summed E-state index contributed by atoms with van der Waals surface area (Å²) in [7, 11) is 3.54. The Balaban J connectivity index is 2.41. The number of aromatic nitrogens is 3. The van der Waals surface area contributed by atoms with Crippen LogP contribution in [0.2, 0.25) is 0 Å². The molecule has 0 saturated heterocycles. The summed E-state index contributed by atoms with van der Waals surface area (Å²) >= 11 is 0. The van der Waals surface area contributed by atoms with E-state index in [1.165, 1.54) is 0 Å². The van der Waals surface area contributed by atoms with Crippen molar-refractivity contribution >= 4 is 0 Å². The zero-order valence-corrected chi connectivity index (χ0v) is 10.9. The van der Waals surface area contributed by atoms with Gasteiger partial charge in [0, 0.05) is 25.0 Å². The number of hydrogen-bond acceptors (Lipinski definition) is 4. The molecule has 5 heteroatoms. The van der Waals surface area contributed by atoms with Gasteiger partial charge in [-0.2, -0.15) is 5.10 Å². The van der Waals surface area contributed by atoms with Crippen molar-refractivity contribution in [2.45, 2.75) is 13.0 Å². The Morgan fingerprint density at radius 3 is 2.89 bits per heavy atom. The van der Waals surface area contributed by atoms with Crippen LogP contribution in [0, 0.1) is 0 Å². The van der Waals surface area contributed by atoms with Crippen molar-refractivity contribution in [3.8, 4) is 5.88 Å². The van der Waals surface area contributed by atoms with Crippen LogP contribution in [0.1, 0.15) is 24.2 Å². The van der Waals surface area contributed by atoms with E-state index >= 15 is 0 Å². The molecular formula is C13H18N4O. The average Bonchev–Trinajstić information content (AvgIpc) is 2.82. The summed E-state index contributed by atoms with van der Waals surface area (Å²) in [5.74, 6) is 0.633. The fraction of sp³-hybridized carbons (Fsp3) is 0.385. The van der Waals surface area contributed by atoms with Gasteiger partial charge in [0.25, 0.3) is 0 Å². The highest BCUT2D eigenvalue weighted by atomic mass is 16.5. The largest absolute Gasteiger partial charge is 0.481 e. The van der Waals surface area contributed by atoms with Crippen LogP contribution in [0.4, 0.5) is 0 Å². The molecule has 0 bridgehead atoms. The molecule has 2 aromatic heterocycles. The van der Waals surface area contributed by atoms with E-state index in [1.807, 2.05) is 31.4 Å². The molecule has 0 aliphatic heterocycles. The van der Waals surface area contributed by atoms with E-state index < -0.39 is 0 Å². The van der Waals surface area contributed by atoms with Crippen LogP contribution >= 0.6 is 0 Å². The molecular weight excluding hydrogens is 228 g/mol. The summed E-state index contributed by atoms with van der Waals surface area (Å²) in [5.41, 5.74) is 1.96. The van der Waals surface area contributed by atoms with Crippen molar-refractivity contribution in [3.63, 3.8) is 0 Å². The molecule has 5 nitrogen and oxygen atoms in total. The minimum Gasteiger partial charge on any atom is -0.481 e. The second-order valence-corrected chi connectivity index (χ2v) is 4.01. The van der Waals surface area contributed by atoms with E-state index in [4.69, 9.17) is 4.74 Å². The molecule has 0 aromatic carbocycles. The van der Waals surface area contributed by atoms with Crippen LogP contribution < -0.4 is 10.1 Å². The minimum absolute atomic E-state index is 0.000139. The van der Waals surface area contributed by atoms with Gasteiger partial charge in [-0.05, 0) is 18.7 Å². The van der Waals surface area contributed by atoms with Crippen LogP contribution in [-0.2, 0) is 7.05 Å². The van der Waals surface area contributed by atoms with Crippen molar-refractivity contribution in [1.82, 2.24) is 20.1 Å². The number of nitrogens with one attached hydrogen (secondary N) is 1. The number of ether oxygens (including phenoxy) is 1. The van der Waals surface area contributed by atoms with Crippen molar-refractivity contribution in [2.75, 3.05) is 13.7 Å². The van der Waals surface area contributed by atoms with Gasteiger partial charge in [0.05, 0.1) is 18.8 Å². The number of hydrogen-bond donors (Lipinski definition) is 1. The lowest BCUT2D eigenvalue weighted by molar-refractivity contribution is 0.386. The Kier molecular flexibility index (Phi) is 3.94. The Hall–Kier alpha value is -1.88. The first kappa shape index (κ1) is 12.6. The standard InChI is InChI=1S/C13H18N4O/c1-4-14-12(11-7-9-17(2)16-11)10-6-5-8-15-13(10)18-3/h5-9,12,14H,4H2,1-3H3. The maximum Gasteiger partial charge on any atom is 0.218 e. The number of nitrogens with zero attached hydrogens (tertiary/aromatic N) is 3. The normalized spacial score (nSPS) is 12.4. The van der Waals surface area contributed by atoms with Gasteiger partial charge in [-0.3, -0.25) is 4.68 Å². The van der Waals surface area contributed by atoms with Gasteiger partial charge < -0.3 is 10.1 Å². The zero-order valence-electron chi connectivity index (χ0n) is 10.9. The number of pyridine rings is 1. The highest BCUT2D eigenvalue weighted by molar-refractivity contribution is 5.34. The summed E-state index contributed by atoms with van der Waals surface area (Å²) in [4.78, 5) is 4.24.